The summed E-state index contributed by atoms with van der Waals surface area (Å²) in [6, 6.07) is 7.82. The minimum atomic E-state index is -0.831. The zero-order chi connectivity index (χ0) is 20.0. The first-order valence-corrected chi connectivity index (χ1v) is 9.91. The summed E-state index contributed by atoms with van der Waals surface area (Å²) in [6.45, 7) is 9.72. The molecule has 2 amide bonds. The zero-order valence-corrected chi connectivity index (χ0v) is 17.0. The summed E-state index contributed by atoms with van der Waals surface area (Å²) >= 11 is 0. The van der Waals surface area contributed by atoms with Crippen LogP contribution in [0.25, 0.3) is 0 Å². The highest BCUT2D eigenvalue weighted by molar-refractivity contribution is 5.86. The first-order chi connectivity index (χ1) is 12.8. The monoisotopic (exact) mass is 375 g/mol. The van der Waals surface area contributed by atoms with Crippen LogP contribution >= 0.6 is 0 Å². The SMILES string of the molecule is CCCC(C)(N)C(=O)N1CCN(C(=O)C(C)Oc2ccc(CC)cc2)CC1. The Labute approximate surface area is 162 Å². The Balaban J connectivity index is 1.87. The highest BCUT2D eigenvalue weighted by atomic mass is 16.5. The third-order valence-corrected chi connectivity index (χ3v) is 5.13. The fourth-order valence-corrected chi connectivity index (χ4v) is 3.43. The molecule has 1 aromatic rings. The van der Waals surface area contributed by atoms with Gasteiger partial charge >= 0.3 is 0 Å². The number of carbonyl (C=O) groups is 2. The minimum absolute atomic E-state index is 0.0308. The van der Waals surface area contributed by atoms with Crippen molar-refractivity contribution in [3.8, 4) is 5.75 Å². The highest BCUT2D eigenvalue weighted by Gasteiger charge is 2.35. The van der Waals surface area contributed by atoms with E-state index in [4.69, 9.17) is 10.5 Å². The quantitative estimate of drug-likeness (QED) is 0.793. The lowest BCUT2D eigenvalue weighted by atomic mass is 9.95. The third kappa shape index (κ3) is 5.45. The summed E-state index contributed by atoms with van der Waals surface area (Å²) in [4.78, 5) is 28.8. The standard InChI is InChI=1S/C21H33N3O3/c1-5-11-21(4,22)20(26)24-14-12-23(13-15-24)19(25)16(3)27-18-9-7-17(6-2)8-10-18/h7-10,16H,5-6,11-15,22H2,1-4H3. The number of aryl methyl sites for hydroxylation is 1. The Kier molecular flexibility index (Phi) is 7.25. The molecule has 2 unspecified atom stereocenters. The molecule has 2 rings (SSSR count). The number of carbonyl (C=O) groups excluding carboxylic acids is 2. The number of hydrogen-bond donors (Lipinski definition) is 1. The van der Waals surface area contributed by atoms with Crippen molar-refractivity contribution in [2.75, 3.05) is 26.2 Å². The van der Waals surface area contributed by atoms with Crippen molar-refractivity contribution in [2.45, 2.75) is 58.6 Å². The fraction of sp³-hybridized carbons (Fsp3) is 0.619. The molecule has 0 spiro atoms. The van der Waals surface area contributed by atoms with Crippen LogP contribution in [0.1, 0.15) is 46.1 Å². The molecule has 0 bridgehead atoms. The van der Waals surface area contributed by atoms with Crippen LogP contribution in [0.5, 0.6) is 5.75 Å². The molecule has 1 heterocycles. The summed E-state index contributed by atoms with van der Waals surface area (Å²) < 4.78 is 5.80. The normalized spacial score (nSPS) is 18.0. The molecule has 0 radical (unpaired) electrons. The molecule has 6 heteroatoms. The Morgan fingerprint density at radius 1 is 1.11 bits per heavy atom. The van der Waals surface area contributed by atoms with Gasteiger partial charge in [-0.05, 0) is 44.4 Å². The average Bonchev–Trinajstić information content (AvgIpc) is 2.67. The predicted octanol–water partition coefficient (Wildman–Crippen LogP) is 2.20. The topological polar surface area (TPSA) is 75.9 Å². The summed E-state index contributed by atoms with van der Waals surface area (Å²) in [5.41, 5.74) is 6.56. The highest BCUT2D eigenvalue weighted by Crippen LogP contribution is 2.17. The second-order valence-electron chi connectivity index (χ2n) is 7.54. The van der Waals surface area contributed by atoms with E-state index >= 15 is 0 Å². The average molecular weight is 376 g/mol. The van der Waals surface area contributed by atoms with Crippen LogP contribution in [-0.4, -0.2) is 59.4 Å². The second kappa shape index (κ2) is 9.22. The van der Waals surface area contributed by atoms with E-state index in [1.807, 2.05) is 31.2 Å². The molecule has 0 saturated carbocycles. The predicted molar refractivity (Wildman–Crippen MR) is 107 cm³/mol. The molecule has 150 valence electrons. The van der Waals surface area contributed by atoms with Gasteiger partial charge in [0.1, 0.15) is 5.75 Å². The summed E-state index contributed by atoms with van der Waals surface area (Å²) in [6.07, 6.45) is 1.94. The number of benzene rings is 1. The summed E-state index contributed by atoms with van der Waals surface area (Å²) in [5.74, 6) is 0.614. The van der Waals surface area contributed by atoms with Crippen molar-refractivity contribution in [3.63, 3.8) is 0 Å². The van der Waals surface area contributed by atoms with Gasteiger partial charge in [0.25, 0.3) is 5.91 Å². The van der Waals surface area contributed by atoms with Gasteiger partial charge < -0.3 is 20.3 Å². The second-order valence-corrected chi connectivity index (χ2v) is 7.54. The van der Waals surface area contributed by atoms with E-state index in [-0.39, 0.29) is 11.8 Å². The maximum atomic E-state index is 12.7. The molecule has 0 aromatic heterocycles. The Bertz CT molecular complexity index is 635. The van der Waals surface area contributed by atoms with E-state index < -0.39 is 11.6 Å². The van der Waals surface area contributed by atoms with Crippen molar-refractivity contribution < 1.29 is 14.3 Å². The maximum Gasteiger partial charge on any atom is 0.263 e. The molecule has 1 aliphatic heterocycles. The van der Waals surface area contributed by atoms with Gasteiger partial charge in [-0.3, -0.25) is 9.59 Å². The van der Waals surface area contributed by atoms with Crippen molar-refractivity contribution in [3.05, 3.63) is 29.8 Å². The molecule has 0 aliphatic carbocycles. The Morgan fingerprint density at radius 3 is 2.19 bits per heavy atom. The van der Waals surface area contributed by atoms with Crippen LogP contribution < -0.4 is 10.5 Å². The lowest BCUT2D eigenvalue weighted by Crippen LogP contribution is -2.59. The van der Waals surface area contributed by atoms with Crippen LogP contribution in [0.4, 0.5) is 0 Å². The Morgan fingerprint density at radius 2 is 1.67 bits per heavy atom. The lowest BCUT2D eigenvalue weighted by Gasteiger charge is -2.39. The maximum absolute atomic E-state index is 12.7. The van der Waals surface area contributed by atoms with Crippen LogP contribution in [0.15, 0.2) is 24.3 Å². The fourth-order valence-electron chi connectivity index (χ4n) is 3.43. The first-order valence-electron chi connectivity index (χ1n) is 9.91. The summed E-state index contributed by atoms with van der Waals surface area (Å²) in [7, 11) is 0. The van der Waals surface area contributed by atoms with Gasteiger partial charge in [-0.2, -0.15) is 0 Å². The van der Waals surface area contributed by atoms with Crippen LogP contribution in [-0.2, 0) is 16.0 Å². The smallest absolute Gasteiger partial charge is 0.263 e. The van der Waals surface area contributed by atoms with Crippen LogP contribution in [0, 0.1) is 0 Å². The van der Waals surface area contributed by atoms with Crippen LogP contribution in [0.3, 0.4) is 0 Å². The van der Waals surface area contributed by atoms with Crippen molar-refractivity contribution in [1.82, 2.24) is 9.80 Å². The lowest BCUT2D eigenvalue weighted by molar-refractivity contribution is -0.145. The molecule has 2 atom stereocenters. The molecule has 1 fully saturated rings. The van der Waals surface area contributed by atoms with Crippen molar-refractivity contribution in [1.29, 1.82) is 0 Å². The zero-order valence-electron chi connectivity index (χ0n) is 17.0. The number of amides is 2. The molecule has 27 heavy (non-hydrogen) atoms. The number of piperazine rings is 1. The molecule has 2 N–H and O–H groups in total. The number of hydrogen-bond acceptors (Lipinski definition) is 4. The van der Waals surface area contributed by atoms with Gasteiger partial charge in [-0.1, -0.05) is 32.4 Å². The number of nitrogens with two attached hydrogens (primary N) is 1. The van der Waals surface area contributed by atoms with Gasteiger partial charge in [0.15, 0.2) is 6.10 Å². The van der Waals surface area contributed by atoms with E-state index in [1.165, 1.54) is 5.56 Å². The largest absolute Gasteiger partial charge is 0.481 e. The van der Waals surface area contributed by atoms with Crippen LogP contribution in [0.2, 0.25) is 0 Å². The molecular weight excluding hydrogens is 342 g/mol. The van der Waals surface area contributed by atoms with Gasteiger partial charge in [0.2, 0.25) is 5.91 Å². The van der Waals surface area contributed by atoms with Gasteiger partial charge in [-0.15, -0.1) is 0 Å². The van der Waals surface area contributed by atoms with Gasteiger partial charge in [0, 0.05) is 26.2 Å². The molecule has 1 aliphatic rings. The van der Waals surface area contributed by atoms with Gasteiger partial charge in [-0.25, -0.2) is 0 Å². The van der Waals surface area contributed by atoms with Crippen molar-refractivity contribution in [2.24, 2.45) is 5.73 Å². The third-order valence-electron chi connectivity index (χ3n) is 5.13. The van der Waals surface area contributed by atoms with E-state index in [9.17, 15) is 9.59 Å². The molecule has 6 nitrogen and oxygen atoms in total. The number of nitrogens with zero attached hydrogens (tertiary/aromatic N) is 2. The van der Waals surface area contributed by atoms with E-state index in [0.29, 0.717) is 38.3 Å². The number of rotatable bonds is 7. The van der Waals surface area contributed by atoms with E-state index in [2.05, 4.69) is 6.92 Å². The Hall–Kier alpha value is -2.08. The molecular formula is C21H33N3O3. The van der Waals surface area contributed by atoms with Crippen molar-refractivity contribution >= 4 is 11.8 Å². The van der Waals surface area contributed by atoms with E-state index in [1.54, 1.807) is 23.6 Å². The first kappa shape index (κ1) is 21.2. The molecule has 1 saturated heterocycles. The minimum Gasteiger partial charge on any atom is -0.481 e. The summed E-state index contributed by atoms with van der Waals surface area (Å²) in [5, 5.41) is 0. The van der Waals surface area contributed by atoms with E-state index in [0.717, 1.165) is 12.8 Å². The molecule has 1 aromatic carbocycles. The van der Waals surface area contributed by atoms with Gasteiger partial charge in [0.05, 0.1) is 5.54 Å². The number of ether oxygens (including phenoxy) is 1.